The van der Waals surface area contributed by atoms with Crippen molar-refractivity contribution in [2.45, 2.75) is 37.6 Å². The number of hydrogen-bond donors (Lipinski definition) is 0. The van der Waals surface area contributed by atoms with Crippen LogP contribution < -0.4 is 0 Å². The Kier molecular flexibility index (Phi) is 4.90. The standard InChI is InChI=1S/C21H23N3O3/c1-23(13-15-6-3-2-4-7-15)21(26)20-19(16-8-5-11-22-12-16)24(17-9-10-17)18(25)14-27-20/h2-8,11-12,17,19-20H,9-10,13-14H2,1H3/t19-,20+/m1/s1. The van der Waals surface area contributed by atoms with Gasteiger partial charge in [-0.2, -0.15) is 0 Å². The molecule has 1 aliphatic carbocycles. The first kappa shape index (κ1) is 17.7. The van der Waals surface area contributed by atoms with Crippen LogP contribution in [0.15, 0.2) is 54.9 Å². The van der Waals surface area contributed by atoms with Crippen LogP contribution in [0, 0.1) is 0 Å². The van der Waals surface area contributed by atoms with E-state index < -0.39 is 12.1 Å². The molecule has 2 aromatic rings. The lowest BCUT2D eigenvalue weighted by atomic mass is 9.97. The fourth-order valence-electron chi connectivity index (χ4n) is 3.66. The molecule has 2 heterocycles. The minimum absolute atomic E-state index is 0.0527. The van der Waals surface area contributed by atoms with Crippen molar-refractivity contribution in [2.24, 2.45) is 0 Å². The number of pyridine rings is 1. The summed E-state index contributed by atoms with van der Waals surface area (Å²) in [5.41, 5.74) is 1.89. The highest BCUT2D eigenvalue weighted by atomic mass is 16.5. The molecule has 1 saturated heterocycles. The van der Waals surface area contributed by atoms with Crippen LogP contribution in [0.4, 0.5) is 0 Å². The maximum absolute atomic E-state index is 13.2. The molecule has 1 saturated carbocycles. The molecule has 1 aromatic heterocycles. The van der Waals surface area contributed by atoms with Crippen molar-refractivity contribution in [1.29, 1.82) is 0 Å². The fourth-order valence-corrected chi connectivity index (χ4v) is 3.66. The second kappa shape index (κ2) is 7.48. The van der Waals surface area contributed by atoms with E-state index in [9.17, 15) is 9.59 Å². The van der Waals surface area contributed by atoms with Gasteiger partial charge in [-0.25, -0.2) is 0 Å². The van der Waals surface area contributed by atoms with Crippen molar-refractivity contribution < 1.29 is 14.3 Å². The largest absolute Gasteiger partial charge is 0.356 e. The molecule has 0 radical (unpaired) electrons. The Bertz CT molecular complexity index is 808. The summed E-state index contributed by atoms with van der Waals surface area (Å²) in [6, 6.07) is 13.3. The van der Waals surface area contributed by atoms with Crippen LogP contribution in [0.5, 0.6) is 0 Å². The summed E-state index contributed by atoms with van der Waals surface area (Å²) < 4.78 is 5.78. The quantitative estimate of drug-likeness (QED) is 0.815. The zero-order valence-electron chi connectivity index (χ0n) is 15.3. The normalized spacial score (nSPS) is 22.6. The van der Waals surface area contributed by atoms with Gasteiger partial charge in [0.1, 0.15) is 6.61 Å². The Hall–Kier alpha value is -2.73. The van der Waals surface area contributed by atoms with Gasteiger partial charge in [0.05, 0.1) is 6.04 Å². The highest BCUT2D eigenvalue weighted by molar-refractivity contribution is 5.86. The SMILES string of the molecule is CN(Cc1ccccc1)C(=O)[C@H]1OCC(=O)N(C2CC2)[C@@H]1c1cccnc1. The Balaban J connectivity index is 1.60. The number of morpholine rings is 1. The molecule has 140 valence electrons. The van der Waals surface area contributed by atoms with E-state index in [-0.39, 0.29) is 24.5 Å². The van der Waals surface area contributed by atoms with Crippen molar-refractivity contribution in [3.05, 3.63) is 66.0 Å². The summed E-state index contributed by atoms with van der Waals surface area (Å²) in [4.78, 5) is 33.5. The Morgan fingerprint density at radius 3 is 2.67 bits per heavy atom. The van der Waals surface area contributed by atoms with Gasteiger partial charge in [0.15, 0.2) is 6.10 Å². The summed E-state index contributed by atoms with van der Waals surface area (Å²) in [6.45, 7) is 0.444. The molecule has 2 atom stereocenters. The van der Waals surface area contributed by atoms with Gasteiger partial charge in [-0.1, -0.05) is 36.4 Å². The van der Waals surface area contributed by atoms with Crippen LogP contribution in [0.2, 0.25) is 0 Å². The molecule has 6 nitrogen and oxygen atoms in total. The van der Waals surface area contributed by atoms with E-state index >= 15 is 0 Å². The van der Waals surface area contributed by atoms with Gasteiger partial charge in [-0.15, -0.1) is 0 Å². The molecule has 4 rings (SSSR count). The third-order valence-corrected chi connectivity index (χ3v) is 5.11. The lowest BCUT2D eigenvalue weighted by Crippen LogP contribution is -2.55. The molecule has 27 heavy (non-hydrogen) atoms. The summed E-state index contributed by atoms with van der Waals surface area (Å²) in [7, 11) is 1.77. The predicted octanol–water partition coefficient (Wildman–Crippen LogP) is 2.17. The van der Waals surface area contributed by atoms with Crippen LogP contribution in [0.3, 0.4) is 0 Å². The zero-order valence-corrected chi connectivity index (χ0v) is 15.3. The predicted molar refractivity (Wildman–Crippen MR) is 99.5 cm³/mol. The van der Waals surface area contributed by atoms with E-state index in [2.05, 4.69) is 4.98 Å². The number of hydrogen-bond acceptors (Lipinski definition) is 4. The highest BCUT2D eigenvalue weighted by Crippen LogP contribution is 2.39. The van der Waals surface area contributed by atoms with Crippen LogP contribution in [-0.4, -0.2) is 52.4 Å². The number of carbonyl (C=O) groups excluding carboxylic acids is 2. The first-order chi connectivity index (χ1) is 13.1. The number of ether oxygens (including phenoxy) is 1. The number of likely N-dealkylation sites (N-methyl/N-ethyl adjacent to an activating group) is 1. The van der Waals surface area contributed by atoms with Gasteiger partial charge in [-0.05, 0) is 30.0 Å². The van der Waals surface area contributed by atoms with E-state index in [4.69, 9.17) is 4.74 Å². The molecular formula is C21H23N3O3. The zero-order chi connectivity index (χ0) is 18.8. The van der Waals surface area contributed by atoms with Gasteiger partial charge < -0.3 is 14.5 Å². The maximum atomic E-state index is 13.2. The molecule has 1 aliphatic heterocycles. The van der Waals surface area contributed by atoms with Crippen molar-refractivity contribution in [3.8, 4) is 0 Å². The minimum Gasteiger partial charge on any atom is -0.356 e. The summed E-state index contributed by atoms with van der Waals surface area (Å²) in [5, 5.41) is 0. The molecule has 0 bridgehead atoms. The lowest BCUT2D eigenvalue weighted by Gasteiger charge is -2.41. The molecule has 2 amide bonds. The summed E-state index contributed by atoms with van der Waals surface area (Å²) >= 11 is 0. The molecule has 2 fully saturated rings. The molecule has 0 unspecified atom stereocenters. The smallest absolute Gasteiger partial charge is 0.254 e. The van der Waals surface area contributed by atoms with Crippen molar-refractivity contribution in [2.75, 3.05) is 13.7 Å². The average Bonchev–Trinajstić information content (AvgIpc) is 3.53. The molecule has 0 N–H and O–H groups in total. The van der Waals surface area contributed by atoms with Crippen LogP contribution >= 0.6 is 0 Å². The van der Waals surface area contributed by atoms with E-state index in [1.165, 1.54) is 0 Å². The maximum Gasteiger partial charge on any atom is 0.254 e. The highest BCUT2D eigenvalue weighted by Gasteiger charge is 2.48. The van der Waals surface area contributed by atoms with Crippen molar-refractivity contribution in [1.82, 2.24) is 14.8 Å². The van der Waals surface area contributed by atoms with Gasteiger partial charge in [0, 0.05) is 32.0 Å². The Morgan fingerprint density at radius 2 is 2.00 bits per heavy atom. The van der Waals surface area contributed by atoms with E-state index in [1.807, 2.05) is 47.4 Å². The number of rotatable bonds is 5. The number of nitrogens with zero attached hydrogens (tertiary/aromatic N) is 3. The third-order valence-electron chi connectivity index (χ3n) is 5.11. The molecule has 6 heteroatoms. The average molecular weight is 365 g/mol. The Morgan fingerprint density at radius 1 is 1.22 bits per heavy atom. The number of amides is 2. The van der Waals surface area contributed by atoms with E-state index in [1.54, 1.807) is 24.3 Å². The molecule has 0 spiro atoms. The monoisotopic (exact) mass is 365 g/mol. The van der Waals surface area contributed by atoms with Crippen LogP contribution in [-0.2, 0) is 20.9 Å². The van der Waals surface area contributed by atoms with E-state index in [0.717, 1.165) is 24.0 Å². The first-order valence-corrected chi connectivity index (χ1v) is 9.27. The van der Waals surface area contributed by atoms with Gasteiger partial charge in [0.25, 0.3) is 5.91 Å². The number of benzene rings is 1. The second-order valence-corrected chi connectivity index (χ2v) is 7.17. The van der Waals surface area contributed by atoms with E-state index in [0.29, 0.717) is 6.54 Å². The van der Waals surface area contributed by atoms with Crippen LogP contribution in [0.1, 0.15) is 30.0 Å². The van der Waals surface area contributed by atoms with Gasteiger partial charge in [0.2, 0.25) is 5.91 Å². The van der Waals surface area contributed by atoms with Gasteiger partial charge in [-0.3, -0.25) is 14.6 Å². The first-order valence-electron chi connectivity index (χ1n) is 9.27. The number of carbonyl (C=O) groups is 2. The number of aromatic nitrogens is 1. The summed E-state index contributed by atoms with van der Waals surface area (Å²) in [5.74, 6) is -0.174. The molecular weight excluding hydrogens is 342 g/mol. The third kappa shape index (κ3) is 3.71. The Labute approximate surface area is 158 Å². The second-order valence-electron chi connectivity index (χ2n) is 7.17. The minimum atomic E-state index is -0.721. The van der Waals surface area contributed by atoms with Crippen molar-refractivity contribution >= 4 is 11.8 Å². The summed E-state index contributed by atoms with van der Waals surface area (Å²) in [6.07, 6.45) is 4.64. The van der Waals surface area contributed by atoms with Gasteiger partial charge >= 0.3 is 0 Å². The van der Waals surface area contributed by atoms with Crippen LogP contribution in [0.25, 0.3) is 0 Å². The fraction of sp³-hybridized carbons (Fsp3) is 0.381. The van der Waals surface area contributed by atoms with Crippen molar-refractivity contribution in [3.63, 3.8) is 0 Å². The molecule has 2 aliphatic rings. The topological polar surface area (TPSA) is 62.7 Å². The molecule has 1 aromatic carbocycles. The lowest BCUT2D eigenvalue weighted by molar-refractivity contribution is -0.170.